The lowest BCUT2D eigenvalue weighted by molar-refractivity contribution is -0.140. The van der Waals surface area contributed by atoms with Crippen LogP contribution < -0.4 is 9.62 Å². The third kappa shape index (κ3) is 7.71. The van der Waals surface area contributed by atoms with Crippen molar-refractivity contribution in [3.8, 4) is 0 Å². The highest BCUT2D eigenvalue weighted by Crippen LogP contribution is 2.28. The summed E-state index contributed by atoms with van der Waals surface area (Å²) in [5.74, 6) is -0.460. The van der Waals surface area contributed by atoms with Crippen LogP contribution in [0, 0.1) is 6.92 Å². The number of halogens is 2. The van der Waals surface area contributed by atoms with E-state index >= 15 is 0 Å². The zero-order valence-corrected chi connectivity index (χ0v) is 23.0. The summed E-state index contributed by atoms with van der Waals surface area (Å²) in [5.41, 5.74) is 2.03. The Morgan fingerprint density at radius 3 is 2.38 bits per heavy atom. The number of hydrogen-bond acceptors (Lipinski definition) is 4. The van der Waals surface area contributed by atoms with E-state index in [0.29, 0.717) is 22.8 Å². The van der Waals surface area contributed by atoms with Crippen LogP contribution in [0.25, 0.3) is 0 Å². The maximum Gasteiger partial charge on any atom is 0.242 e. The summed E-state index contributed by atoms with van der Waals surface area (Å²) in [7, 11) is -3.58. The minimum absolute atomic E-state index is 0.0892. The molecule has 186 valence electrons. The molecule has 0 saturated heterocycles. The van der Waals surface area contributed by atoms with Gasteiger partial charge in [0.15, 0.2) is 0 Å². The van der Waals surface area contributed by atoms with E-state index in [1.54, 1.807) is 32.0 Å². The fourth-order valence-corrected chi connectivity index (χ4v) is 4.99. The third-order valence-corrected chi connectivity index (χ3v) is 7.56. The first-order chi connectivity index (χ1) is 16.0. The molecular weight excluding hydrogens is 542 g/mol. The first kappa shape index (κ1) is 28.1. The van der Waals surface area contributed by atoms with Crippen molar-refractivity contribution in [2.45, 2.75) is 46.2 Å². The van der Waals surface area contributed by atoms with Gasteiger partial charge < -0.3 is 10.2 Å². The second-order valence-electron chi connectivity index (χ2n) is 8.04. The number of nitrogens with one attached hydrogen (secondary N) is 1. The maximum atomic E-state index is 13.2. The van der Waals surface area contributed by atoms with Crippen LogP contribution in [-0.2, 0) is 26.2 Å². The molecule has 0 unspecified atom stereocenters. The molecule has 2 aromatic carbocycles. The van der Waals surface area contributed by atoms with Gasteiger partial charge in [-0.2, -0.15) is 0 Å². The van der Waals surface area contributed by atoms with E-state index in [1.165, 1.54) is 9.21 Å². The van der Waals surface area contributed by atoms with E-state index in [0.717, 1.165) is 16.3 Å². The molecule has 0 aliphatic carbocycles. The summed E-state index contributed by atoms with van der Waals surface area (Å²) in [6, 6.07) is 12.0. The van der Waals surface area contributed by atoms with Crippen LogP contribution in [0.4, 0.5) is 5.69 Å². The predicted octanol–water partition coefficient (Wildman–Crippen LogP) is 4.51. The van der Waals surface area contributed by atoms with E-state index < -0.39 is 16.1 Å². The number of rotatable bonds is 11. The number of benzene rings is 2. The highest BCUT2D eigenvalue weighted by Gasteiger charge is 2.26. The highest BCUT2D eigenvalue weighted by molar-refractivity contribution is 9.10. The summed E-state index contributed by atoms with van der Waals surface area (Å²) in [5, 5.41) is 3.23. The maximum absolute atomic E-state index is 13.2. The lowest BCUT2D eigenvalue weighted by atomic mass is 10.1. The molecule has 2 rings (SSSR count). The largest absolute Gasteiger partial charge is 0.355 e. The summed E-state index contributed by atoms with van der Waals surface area (Å²) >= 11 is 9.59. The molecule has 7 nitrogen and oxygen atoms in total. The Morgan fingerprint density at radius 2 is 1.79 bits per heavy atom. The zero-order valence-electron chi connectivity index (χ0n) is 19.8. The fraction of sp³-hybridized carbons (Fsp3) is 0.417. The molecule has 0 aromatic heterocycles. The van der Waals surface area contributed by atoms with Crippen molar-refractivity contribution in [3.63, 3.8) is 0 Å². The first-order valence-corrected chi connectivity index (χ1v) is 14.0. The molecule has 1 atom stereocenters. The van der Waals surface area contributed by atoms with Crippen LogP contribution in [0.2, 0.25) is 5.02 Å². The Hall–Kier alpha value is -2.10. The van der Waals surface area contributed by atoms with Crippen LogP contribution >= 0.6 is 27.5 Å². The van der Waals surface area contributed by atoms with Gasteiger partial charge in [0.05, 0.1) is 11.9 Å². The number of sulfonamides is 1. The van der Waals surface area contributed by atoms with Crippen molar-refractivity contribution in [2.75, 3.05) is 23.7 Å². The van der Waals surface area contributed by atoms with Gasteiger partial charge in [0.25, 0.3) is 0 Å². The highest BCUT2D eigenvalue weighted by atomic mass is 79.9. The molecule has 0 spiro atoms. The van der Waals surface area contributed by atoms with Gasteiger partial charge in [0.1, 0.15) is 6.04 Å². The van der Waals surface area contributed by atoms with Crippen molar-refractivity contribution in [2.24, 2.45) is 0 Å². The minimum atomic E-state index is -3.58. The number of likely N-dealkylation sites (N-methyl/N-ethyl adjacent to an activating group) is 1. The normalized spacial score (nSPS) is 12.2. The Bertz CT molecular complexity index is 1110. The van der Waals surface area contributed by atoms with E-state index in [9.17, 15) is 18.0 Å². The van der Waals surface area contributed by atoms with Crippen LogP contribution in [0.15, 0.2) is 46.9 Å². The van der Waals surface area contributed by atoms with Gasteiger partial charge in [-0.05, 0) is 62.6 Å². The molecule has 2 amide bonds. The number of carbonyl (C=O) groups is 2. The van der Waals surface area contributed by atoms with Gasteiger partial charge in [-0.1, -0.05) is 45.7 Å². The Labute approximate surface area is 215 Å². The van der Waals surface area contributed by atoms with Crippen LogP contribution in [-0.4, -0.2) is 50.5 Å². The fourth-order valence-electron chi connectivity index (χ4n) is 3.54. The second kappa shape index (κ2) is 12.6. The monoisotopic (exact) mass is 571 g/mol. The standard InChI is InChI=1S/C24H31BrClN3O4S/c1-5-27-24(31)18(3)28(16-19-11-13-20(25)14-12-19)23(30)10-7-15-29(34(4,32)33)22-9-6-8-21(26)17(22)2/h6,8-9,11-14,18H,5,7,10,15-16H2,1-4H3,(H,27,31)/t18-/m1/s1. The van der Waals surface area contributed by atoms with Crippen LogP contribution in [0.5, 0.6) is 0 Å². The minimum Gasteiger partial charge on any atom is -0.355 e. The van der Waals surface area contributed by atoms with Gasteiger partial charge in [-0.25, -0.2) is 8.42 Å². The summed E-state index contributed by atoms with van der Waals surface area (Å²) in [6.45, 7) is 6.13. The van der Waals surface area contributed by atoms with Gasteiger partial charge in [-0.15, -0.1) is 0 Å². The molecule has 1 N–H and O–H groups in total. The van der Waals surface area contributed by atoms with Crippen molar-refractivity contribution in [1.29, 1.82) is 0 Å². The number of anilines is 1. The predicted molar refractivity (Wildman–Crippen MR) is 140 cm³/mol. The van der Waals surface area contributed by atoms with E-state index in [4.69, 9.17) is 11.6 Å². The molecule has 0 heterocycles. The summed E-state index contributed by atoms with van der Waals surface area (Å²) in [4.78, 5) is 27.2. The second-order valence-corrected chi connectivity index (χ2v) is 11.3. The molecule has 0 fully saturated rings. The SMILES string of the molecule is CCNC(=O)[C@@H](C)N(Cc1ccc(Br)cc1)C(=O)CCCN(c1cccc(Cl)c1C)S(C)(=O)=O. The Balaban J connectivity index is 2.18. The first-order valence-electron chi connectivity index (χ1n) is 11.0. The van der Waals surface area contributed by atoms with Gasteiger partial charge in [-0.3, -0.25) is 13.9 Å². The zero-order chi connectivity index (χ0) is 25.5. The molecule has 0 aliphatic heterocycles. The van der Waals surface area contributed by atoms with Crippen molar-refractivity contribution in [3.05, 3.63) is 63.1 Å². The van der Waals surface area contributed by atoms with E-state index in [-0.39, 0.29) is 37.7 Å². The average molecular weight is 573 g/mol. The smallest absolute Gasteiger partial charge is 0.242 e. The van der Waals surface area contributed by atoms with Crippen molar-refractivity contribution >= 4 is 55.1 Å². The van der Waals surface area contributed by atoms with E-state index in [1.807, 2.05) is 31.2 Å². The molecular formula is C24H31BrClN3O4S. The molecule has 2 aromatic rings. The lowest BCUT2D eigenvalue weighted by Crippen LogP contribution is -2.47. The van der Waals surface area contributed by atoms with Gasteiger partial charge in [0, 0.05) is 35.6 Å². The molecule has 0 radical (unpaired) electrons. The summed E-state index contributed by atoms with van der Waals surface area (Å²) < 4.78 is 27.1. The number of carbonyl (C=O) groups excluding carboxylic acids is 2. The van der Waals surface area contributed by atoms with E-state index in [2.05, 4.69) is 21.2 Å². The van der Waals surface area contributed by atoms with Gasteiger partial charge in [0.2, 0.25) is 21.8 Å². The Kier molecular flexibility index (Phi) is 10.4. The van der Waals surface area contributed by atoms with Crippen LogP contribution in [0.1, 0.15) is 37.8 Å². The molecule has 34 heavy (non-hydrogen) atoms. The molecule has 0 saturated carbocycles. The Morgan fingerprint density at radius 1 is 1.15 bits per heavy atom. The number of nitrogens with zero attached hydrogens (tertiary/aromatic N) is 2. The molecule has 10 heteroatoms. The van der Waals surface area contributed by atoms with Crippen molar-refractivity contribution < 1.29 is 18.0 Å². The third-order valence-electron chi connectivity index (χ3n) is 5.44. The number of hydrogen-bond donors (Lipinski definition) is 1. The summed E-state index contributed by atoms with van der Waals surface area (Å²) in [6.07, 6.45) is 1.51. The average Bonchev–Trinajstić information content (AvgIpc) is 2.77. The number of amides is 2. The topological polar surface area (TPSA) is 86.8 Å². The molecule has 0 aliphatic rings. The molecule has 0 bridgehead atoms. The lowest BCUT2D eigenvalue weighted by Gasteiger charge is -2.29. The van der Waals surface area contributed by atoms with Crippen LogP contribution in [0.3, 0.4) is 0 Å². The van der Waals surface area contributed by atoms with Crippen molar-refractivity contribution in [1.82, 2.24) is 10.2 Å². The van der Waals surface area contributed by atoms with Gasteiger partial charge >= 0.3 is 0 Å². The quantitative estimate of drug-likeness (QED) is 0.429.